The monoisotopic (exact) mass is 716 g/mol. The van der Waals surface area contributed by atoms with Gasteiger partial charge >= 0.3 is 11.9 Å². The number of nitrogens with one attached hydrogen (secondary N) is 4. The largest absolute Gasteiger partial charge is 0.464 e. The quantitative estimate of drug-likeness (QED) is 0.0229. The molecule has 43 heavy (non-hydrogen) atoms. The third-order valence-corrected chi connectivity index (χ3v) is 8.84. The Bertz CT molecular complexity index is 1170. The van der Waals surface area contributed by atoms with Gasteiger partial charge in [0.25, 0.3) is 11.8 Å². The van der Waals surface area contributed by atoms with Crippen molar-refractivity contribution >= 4 is 107 Å². The third kappa shape index (κ3) is 14.7. The fourth-order valence-corrected chi connectivity index (χ4v) is 6.57. The Morgan fingerprint density at radius 3 is 1.86 bits per heavy atom. The van der Waals surface area contributed by atoms with Crippen molar-refractivity contribution in [2.75, 3.05) is 36.2 Å². The molecule has 0 aromatic carbocycles. The van der Waals surface area contributed by atoms with Crippen LogP contribution in [-0.4, -0.2) is 95.5 Å². The Hall–Kier alpha value is -1.81. The molecule has 1 aromatic heterocycles. The molecule has 1 aromatic rings. The highest BCUT2D eigenvalue weighted by Gasteiger charge is 2.28. The second kappa shape index (κ2) is 21.8. The highest BCUT2D eigenvalue weighted by atomic mass is 33.1. The molecule has 0 spiro atoms. The Labute approximate surface area is 276 Å². The minimum absolute atomic E-state index is 0.00457. The zero-order valence-electron chi connectivity index (χ0n) is 22.9. The van der Waals surface area contributed by atoms with Gasteiger partial charge in [0.15, 0.2) is 16.9 Å². The van der Waals surface area contributed by atoms with Crippen molar-refractivity contribution in [3.63, 3.8) is 0 Å². The first kappa shape index (κ1) is 39.2. The van der Waals surface area contributed by atoms with Gasteiger partial charge in [-0.05, 0) is 24.8 Å². The van der Waals surface area contributed by atoms with Crippen LogP contribution in [0.25, 0.3) is 0 Å². The summed E-state index contributed by atoms with van der Waals surface area (Å²) < 4.78 is 20.9. The molecule has 0 aliphatic heterocycles. The second-order valence-corrected chi connectivity index (χ2v) is 12.2. The lowest BCUT2D eigenvalue weighted by atomic mass is 10.2. The van der Waals surface area contributed by atoms with Gasteiger partial charge in [-0.15, -0.1) is 12.6 Å². The van der Waals surface area contributed by atoms with Crippen LogP contribution in [0.4, 0.5) is 0 Å². The molecule has 0 aliphatic rings. The van der Waals surface area contributed by atoms with E-state index in [0.29, 0.717) is 6.29 Å². The van der Waals surface area contributed by atoms with E-state index in [1.165, 1.54) is 0 Å². The first-order chi connectivity index (χ1) is 20.5. The van der Waals surface area contributed by atoms with E-state index in [0.717, 1.165) is 45.9 Å². The molecular weight excluding hydrogens is 685 g/mol. The van der Waals surface area contributed by atoms with Crippen molar-refractivity contribution in [2.45, 2.75) is 38.0 Å². The lowest BCUT2D eigenvalue weighted by molar-refractivity contribution is -0.145. The summed E-state index contributed by atoms with van der Waals surface area (Å²) in [6.45, 7) is 3.21. The van der Waals surface area contributed by atoms with E-state index in [9.17, 15) is 33.6 Å². The van der Waals surface area contributed by atoms with Gasteiger partial charge in [-0.3, -0.25) is 23.9 Å². The standard InChI is InChI=1S/C23H32N4O10S6/c1-3-35-21(32)15(10-41-27-14(9-39)23(34)40)24-19(30)17-5-13(29)6-18(37-17)20(31)25-16(22(33)36-4-2)11-42-43-26-12(7-28)8-38/h5-7,12,14-16,26-27,38-39H,3-4,8-11H2,1-2H3,(H,24,30)(H,25,31)(H,34,40)/t12-,14+,15?,16?/m1/s1. The minimum Gasteiger partial charge on any atom is -0.464 e. The summed E-state index contributed by atoms with van der Waals surface area (Å²) in [7, 11) is 2.17. The average Bonchev–Trinajstić information content (AvgIpc) is 2.97. The average molecular weight is 717 g/mol. The molecule has 0 saturated heterocycles. The second-order valence-electron chi connectivity index (χ2n) is 7.99. The summed E-state index contributed by atoms with van der Waals surface area (Å²) in [6.07, 6.45) is 0.672. The van der Waals surface area contributed by atoms with Crippen molar-refractivity contribution in [2.24, 2.45) is 0 Å². The number of rotatable bonds is 21. The molecule has 20 heteroatoms. The van der Waals surface area contributed by atoms with Gasteiger partial charge < -0.3 is 29.3 Å². The van der Waals surface area contributed by atoms with E-state index in [2.05, 4.69) is 58.0 Å². The number of thiol groups is 3. The van der Waals surface area contributed by atoms with Gasteiger partial charge in [0, 0.05) is 35.1 Å². The molecule has 0 fully saturated rings. The summed E-state index contributed by atoms with van der Waals surface area (Å²) >= 11 is 12.8. The molecule has 2 unspecified atom stereocenters. The molecule has 2 amide bonds. The summed E-state index contributed by atoms with van der Waals surface area (Å²) in [5.41, 5.74) is -0.761. The molecule has 14 nitrogen and oxygen atoms in total. The number of aldehydes is 1. The first-order valence-corrected chi connectivity index (χ1v) is 17.4. The molecule has 1 rings (SSSR count). The number of carbonyl (C=O) groups excluding carboxylic acids is 6. The van der Waals surface area contributed by atoms with Gasteiger partial charge in [0.05, 0.1) is 25.3 Å². The molecule has 4 atom stereocenters. The molecule has 0 saturated carbocycles. The zero-order chi connectivity index (χ0) is 32.4. The predicted molar refractivity (Wildman–Crippen MR) is 175 cm³/mol. The normalized spacial score (nSPS) is 13.6. The van der Waals surface area contributed by atoms with Gasteiger partial charge in [-0.25, -0.2) is 14.3 Å². The Morgan fingerprint density at radius 2 is 1.42 bits per heavy atom. The smallest absolute Gasteiger partial charge is 0.329 e. The van der Waals surface area contributed by atoms with E-state index in [-0.39, 0.29) is 36.2 Å². The molecule has 1 heterocycles. The maximum Gasteiger partial charge on any atom is 0.329 e. The van der Waals surface area contributed by atoms with E-state index in [1.807, 2.05) is 0 Å². The van der Waals surface area contributed by atoms with Gasteiger partial charge in [0.1, 0.15) is 18.4 Å². The van der Waals surface area contributed by atoms with Crippen LogP contribution < -0.4 is 25.5 Å². The maximum atomic E-state index is 12.9. The highest BCUT2D eigenvalue weighted by molar-refractivity contribution is 8.76. The van der Waals surface area contributed by atoms with Crippen molar-refractivity contribution < 1.29 is 42.7 Å². The fraction of sp³-hybridized carbons (Fsp3) is 0.522. The van der Waals surface area contributed by atoms with Crippen LogP contribution in [0.1, 0.15) is 35.0 Å². The third-order valence-electron chi connectivity index (χ3n) is 4.78. The molecular formula is C23H32N4O10S6. The number of hydrogen-bond donors (Lipinski definition) is 7. The molecule has 0 aliphatic carbocycles. The maximum absolute atomic E-state index is 12.9. The molecule has 4 N–H and O–H groups in total. The van der Waals surface area contributed by atoms with E-state index in [4.69, 9.17) is 13.9 Å². The lowest BCUT2D eigenvalue weighted by Crippen LogP contribution is -2.45. The van der Waals surface area contributed by atoms with Crippen LogP contribution in [0.2, 0.25) is 0 Å². The number of amides is 2. The minimum atomic E-state index is -1.24. The van der Waals surface area contributed by atoms with Gasteiger partial charge in [-0.1, -0.05) is 22.7 Å². The summed E-state index contributed by atoms with van der Waals surface area (Å²) in [4.78, 5) is 85.5. The zero-order valence-corrected chi connectivity index (χ0v) is 28.1. The fourth-order valence-electron chi connectivity index (χ4n) is 2.69. The van der Waals surface area contributed by atoms with Crippen LogP contribution in [0.3, 0.4) is 0 Å². The summed E-state index contributed by atoms with van der Waals surface area (Å²) in [5, 5.41) is 4.31. The van der Waals surface area contributed by atoms with Crippen molar-refractivity contribution in [3.8, 4) is 0 Å². The lowest BCUT2D eigenvalue weighted by Gasteiger charge is -2.19. The molecule has 0 radical (unpaired) electrons. The number of esters is 2. The first-order valence-electron chi connectivity index (χ1n) is 12.4. The topological polar surface area (TPSA) is 199 Å². The van der Waals surface area contributed by atoms with Crippen molar-refractivity contribution in [1.29, 1.82) is 0 Å². The number of ether oxygens (including phenoxy) is 2. The van der Waals surface area contributed by atoms with Crippen LogP contribution in [-0.2, 0) is 28.7 Å². The van der Waals surface area contributed by atoms with Gasteiger partial charge in [0.2, 0.25) is 5.12 Å². The predicted octanol–water partition coefficient (Wildman–Crippen LogP) is 0.339. The van der Waals surface area contributed by atoms with Crippen molar-refractivity contribution in [1.82, 2.24) is 20.1 Å². The van der Waals surface area contributed by atoms with Gasteiger partial charge in [-0.2, -0.15) is 25.3 Å². The van der Waals surface area contributed by atoms with Crippen LogP contribution in [0.15, 0.2) is 21.3 Å². The van der Waals surface area contributed by atoms with Crippen LogP contribution in [0, 0.1) is 0 Å². The van der Waals surface area contributed by atoms with Crippen LogP contribution in [0.5, 0.6) is 0 Å². The summed E-state index contributed by atoms with van der Waals surface area (Å²) in [6, 6.07) is -2.02. The number of hydrogen-bond acceptors (Lipinski definition) is 17. The Balaban J connectivity index is 3.03. The van der Waals surface area contributed by atoms with Crippen molar-refractivity contribution in [3.05, 3.63) is 33.9 Å². The molecule has 240 valence electrons. The molecule has 0 bridgehead atoms. The highest BCUT2D eigenvalue weighted by Crippen LogP contribution is 2.20. The van der Waals surface area contributed by atoms with E-state index >= 15 is 0 Å². The SMILES string of the molecule is CCOC(=O)C(CSN[C@@H](CS)C(=O)S)NC(=O)c1cc(=O)cc(C(=O)NC(CSSN[C@H](C=O)CS)C(=O)OCC)o1. The van der Waals surface area contributed by atoms with E-state index < -0.39 is 70.0 Å². The summed E-state index contributed by atoms with van der Waals surface area (Å²) in [5.74, 6) is -4.41. The van der Waals surface area contributed by atoms with Crippen LogP contribution >= 0.6 is 71.6 Å². The number of carbonyl (C=O) groups is 6. The van der Waals surface area contributed by atoms with E-state index in [1.54, 1.807) is 13.8 Å². The Morgan fingerprint density at radius 1 is 0.884 bits per heavy atom. The Kier molecular flexibility index (Phi) is 19.9.